The van der Waals surface area contributed by atoms with E-state index in [1.54, 1.807) is 10.9 Å². The van der Waals surface area contributed by atoms with Gasteiger partial charge in [-0.1, -0.05) is 0 Å². The average Bonchev–Trinajstić information content (AvgIpc) is 2.73. The van der Waals surface area contributed by atoms with Crippen molar-refractivity contribution in [2.45, 2.75) is 6.54 Å². The first-order valence-corrected chi connectivity index (χ1v) is 5.36. The largest absolute Gasteiger partial charge is 0.378 e. The van der Waals surface area contributed by atoms with Gasteiger partial charge in [-0.05, 0) is 0 Å². The van der Waals surface area contributed by atoms with Crippen molar-refractivity contribution in [2.24, 2.45) is 17.8 Å². The Morgan fingerprint density at radius 2 is 2.31 bits per heavy atom. The molecule has 0 amide bonds. The average molecular weight is 223 g/mol. The van der Waals surface area contributed by atoms with Crippen molar-refractivity contribution in [3.63, 3.8) is 0 Å². The fraction of sp³-hybridized carbons (Fsp3) is 0.600. The fourth-order valence-corrected chi connectivity index (χ4v) is 1.62. The Morgan fingerprint density at radius 3 is 2.94 bits per heavy atom. The summed E-state index contributed by atoms with van der Waals surface area (Å²) in [7, 11) is 1.89. The minimum absolute atomic E-state index is 0.580. The number of aromatic nitrogens is 2. The summed E-state index contributed by atoms with van der Waals surface area (Å²) in [4.78, 5) is 6.38. The van der Waals surface area contributed by atoms with Gasteiger partial charge in [-0.3, -0.25) is 4.68 Å². The Kier molecular flexibility index (Phi) is 3.40. The van der Waals surface area contributed by atoms with E-state index in [0.29, 0.717) is 12.5 Å². The molecule has 0 saturated carbocycles. The van der Waals surface area contributed by atoms with Crippen molar-refractivity contribution in [1.82, 2.24) is 14.7 Å². The Balaban J connectivity index is 1.90. The van der Waals surface area contributed by atoms with Gasteiger partial charge in [0.1, 0.15) is 0 Å². The van der Waals surface area contributed by atoms with E-state index < -0.39 is 0 Å². The summed E-state index contributed by atoms with van der Waals surface area (Å²) < 4.78 is 7.01. The molecule has 2 heterocycles. The fourth-order valence-electron chi connectivity index (χ4n) is 1.62. The highest BCUT2D eigenvalue weighted by Crippen LogP contribution is 2.01. The smallest absolute Gasteiger partial charge is 0.191 e. The number of rotatable bonds is 2. The summed E-state index contributed by atoms with van der Waals surface area (Å²) in [6, 6.07) is 0. The lowest BCUT2D eigenvalue weighted by Gasteiger charge is -2.27. The van der Waals surface area contributed by atoms with Crippen LogP contribution in [-0.2, 0) is 18.3 Å². The minimum Gasteiger partial charge on any atom is -0.378 e. The van der Waals surface area contributed by atoms with Crippen LogP contribution in [0.1, 0.15) is 5.56 Å². The van der Waals surface area contributed by atoms with Crippen LogP contribution in [0, 0.1) is 0 Å². The van der Waals surface area contributed by atoms with Crippen molar-refractivity contribution in [2.75, 3.05) is 26.3 Å². The molecule has 1 aliphatic heterocycles. The zero-order valence-corrected chi connectivity index (χ0v) is 9.46. The third-order valence-corrected chi connectivity index (χ3v) is 2.52. The monoisotopic (exact) mass is 223 g/mol. The van der Waals surface area contributed by atoms with Gasteiger partial charge in [0.05, 0.1) is 26.0 Å². The van der Waals surface area contributed by atoms with E-state index in [-0.39, 0.29) is 0 Å². The standard InChI is InChI=1S/C10H17N5O/c1-14-8-9(7-13-14)6-12-10(11)15-2-4-16-5-3-15/h7-8H,2-6H2,1H3,(H2,11,12). The summed E-state index contributed by atoms with van der Waals surface area (Å²) in [5.74, 6) is 0.590. The van der Waals surface area contributed by atoms with Gasteiger partial charge in [0.2, 0.25) is 0 Å². The number of nitrogens with zero attached hydrogens (tertiary/aromatic N) is 4. The third kappa shape index (κ3) is 2.73. The number of aryl methyl sites for hydroxylation is 1. The molecule has 0 bridgehead atoms. The van der Waals surface area contributed by atoms with Gasteiger partial charge in [-0.25, -0.2) is 4.99 Å². The molecule has 0 aliphatic carbocycles. The summed E-state index contributed by atoms with van der Waals surface area (Å²) in [5.41, 5.74) is 6.96. The number of morpholine rings is 1. The Bertz CT molecular complexity index is 367. The highest BCUT2D eigenvalue weighted by Gasteiger charge is 2.11. The van der Waals surface area contributed by atoms with Crippen molar-refractivity contribution < 1.29 is 4.74 Å². The van der Waals surface area contributed by atoms with Crippen LogP contribution < -0.4 is 5.73 Å². The molecule has 6 nitrogen and oxygen atoms in total. The lowest BCUT2D eigenvalue weighted by atomic mass is 10.4. The van der Waals surface area contributed by atoms with Gasteiger partial charge >= 0.3 is 0 Å². The lowest BCUT2D eigenvalue weighted by Crippen LogP contribution is -2.44. The first-order chi connectivity index (χ1) is 7.75. The van der Waals surface area contributed by atoms with Crippen LogP contribution in [0.4, 0.5) is 0 Å². The maximum absolute atomic E-state index is 5.90. The van der Waals surface area contributed by atoms with E-state index in [2.05, 4.69) is 10.1 Å². The molecular weight excluding hydrogens is 206 g/mol. The highest BCUT2D eigenvalue weighted by molar-refractivity contribution is 5.78. The first-order valence-electron chi connectivity index (χ1n) is 5.36. The molecule has 0 atom stereocenters. The molecular formula is C10H17N5O. The quantitative estimate of drug-likeness (QED) is 0.545. The Labute approximate surface area is 94.7 Å². The number of hydrogen-bond acceptors (Lipinski definition) is 3. The maximum Gasteiger partial charge on any atom is 0.191 e. The molecule has 1 aromatic rings. The molecule has 1 aliphatic rings. The zero-order chi connectivity index (χ0) is 11.4. The molecule has 0 unspecified atom stereocenters. The number of nitrogens with two attached hydrogens (primary N) is 1. The van der Waals surface area contributed by atoms with Gasteiger partial charge in [0.25, 0.3) is 0 Å². The molecule has 0 spiro atoms. The van der Waals surface area contributed by atoms with E-state index in [0.717, 1.165) is 31.9 Å². The van der Waals surface area contributed by atoms with Crippen LogP contribution in [0.3, 0.4) is 0 Å². The van der Waals surface area contributed by atoms with Crippen LogP contribution in [0.15, 0.2) is 17.4 Å². The van der Waals surface area contributed by atoms with Crippen LogP contribution in [-0.4, -0.2) is 46.9 Å². The molecule has 1 saturated heterocycles. The lowest BCUT2D eigenvalue weighted by molar-refractivity contribution is 0.0674. The van der Waals surface area contributed by atoms with Crippen LogP contribution in [0.25, 0.3) is 0 Å². The second-order valence-electron chi connectivity index (χ2n) is 3.80. The minimum atomic E-state index is 0.580. The molecule has 1 fully saturated rings. The van der Waals surface area contributed by atoms with E-state index in [4.69, 9.17) is 10.5 Å². The highest BCUT2D eigenvalue weighted by atomic mass is 16.5. The van der Waals surface area contributed by atoms with Crippen molar-refractivity contribution >= 4 is 5.96 Å². The SMILES string of the molecule is Cn1cc(CN=C(N)N2CCOCC2)cn1. The van der Waals surface area contributed by atoms with Crippen molar-refractivity contribution in [3.05, 3.63) is 18.0 Å². The number of ether oxygens (including phenoxy) is 1. The van der Waals surface area contributed by atoms with Gasteiger partial charge in [-0.2, -0.15) is 5.10 Å². The molecule has 0 aromatic carbocycles. The van der Waals surface area contributed by atoms with E-state index in [1.807, 2.05) is 18.1 Å². The predicted octanol–water partition coefficient (Wildman–Crippen LogP) is -0.433. The number of hydrogen-bond donors (Lipinski definition) is 1. The summed E-state index contributed by atoms with van der Waals surface area (Å²) >= 11 is 0. The second kappa shape index (κ2) is 4.98. The second-order valence-corrected chi connectivity index (χ2v) is 3.80. The van der Waals surface area contributed by atoms with Gasteiger partial charge in [0, 0.05) is 31.9 Å². The van der Waals surface area contributed by atoms with Gasteiger partial charge < -0.3 is 15.4 Å². The van der Waals surface area contributed by atoms with E-state index in [1.165, 1.54) is 0 Å². The normalized spacial score (nSPS) is 17.8. The number of guanidine groups is 1. The Hall–Kier alpha value is -1.56. The van der Waals surface area contributed by atoms with Gasteiger partial charge in [0.15, 0.2) is 5.96 Å². The molecule has 6 heteroatoms. The van der Waals surface area contributed by atoms with Crippen molar-refractivity contribution in [3.8, 4) is 0 Å². The zero-order valence-electron chi connectivity index (χ0n) is 9.46. The molecule has 0 radical (unpaired) electrons. The summed E-state index contributed by atoms with van der Waals surface area (Å²) in [6.07, 6.45) is 3.74. The molecule has 88 valence electrons. The Morgan fingerprint density at radius 1 is 1.56 bits per heavy atom. The van der Waals surface area contributed by atoms with E-state index >= 15 is 0 Å². The summed E-state index contributed by atoms with van der Waals surface area (Å²) in [5, 5.41) is 4.08. The van der Waals surface area contributed by atoms with Crippen LogP contribution in [0.5, 0.6) is 0 Å². The van der Waals surface area contributed by atoms with E-state index in [9.17, 15) is 0 Å². The third-order valence-electron chi connectivity index (χ3n) is 2.52. The molecule has 1 aromatic heterocycles. The predicted molar refractivity (Wildman–Crippen MR) is 60.9 cm³/mol. The first kappa shape index (κ1) is 10.9. The molecule has 16 heavy (non-hydrogen) atoms. The summed E-state index contributed by atoms with van der Waals surface area (Å²) in [6.45, 7) is 3.67. The topological polar surface area (TPSA) is 68.7 Å². The van der Waals surface area contributed by atoms with Gasteiger partial charge in [-0.15, -0.1) is 0 Å². The van der Waals surface area contributed by atoms with Crippen molar-refractivity contribution in [1.29, 1.82) is 0 Å². The molecule has 2 N–H and O–H groups in total. The van der Waals surface area contributed by atoms with Crippen LogP contribution in [0.2, 0.25) is 0 Å². The maximum atomic E-state index is 5.90. The van der Waals surface area contributed by atoms with Crippen LogP contribution >= 0.6 is 0 Å². The number of aliphatic imine (C=N–C) groups is 1. The molecule has 2 rings (SSSR count).